The predicted molar refractivity (Wildman–Crippen MR) is 153 cm³/mol. The van der Waals surface area contributed by atoms with E-state index in [2.05, 4.69) is 6.07 Å². The molecule has 1 unspecified atom stereocenters. The largest absolute Gasteiger partial charge is 0.493 e. The molecule has 1 aliphatic heterocycles. The van der Waals surface area contributed by atoms with Crippen LogP contribution in [0.2, 0.25) is 10.0 Å². The molecule has 1 heterocycles. The lowest BCUT2D eigenvalue weighted by atomic mass is 9.93. The van der Waals surface area contributed by atoms with E-state index in [1.54, 1.807) is 36.4 Å². The molecule has 0 amide bonds. The van der Waals surface area contributed by atoms with Crippen LogP contribution in [-0.4, -0.2) is 23.5 Å². The first-order valence-electron chi connectivity index (χ1n) is 12.7. The van der Waals surface area contributed by atoms with Gasteiger partial charge in [-0.1, -0.05) is 65.7 Å². The fourth-order valence-electron chi connectivity index (χ4n) is 4.70. The Kier molecular flexibility index (Phi) is 8.20. The molecule has 1 N–H and O–H groups in total. The molecule has 4 aromatic rings. The summed E-state index contributed by atoms with van der Waals surface area (Å²) in [6.07, 6.45) is 2.18. The minimum atomic E-state index is -0.909. The molecule has 5 rings (SSSR count). The van der Waals surface area contributed by atoms with Gasteiger partial charge in [-0.2, -0.15) is 0 Å². The molecule has 0 spiro atoms. The first kappa shape index (κ1) is 26.8. The topological polar surface area (TPSA) is 72.8 Å². The van der Waals surface area contributed by atoms with Gasteiger partial charge in [-0.05, 0) is 72.4 Å². The van der Waals surface area contributed by atoms with Crippen LogP contribution in [0.3, 0.4) is 0 Å². The number of carboxylic acid groups (broad SMARTS) is 1. The maximum absolute atomic E-state index is 12.8. The van der Waals surface area contributed by atoms with Crippen molar-refractivity contribution in [1.82, 2.24) is 0 Å². The molecule has 0 saturated heterocycles. The molecule has 0 aliphatic carbocycles. The fourth-order valence-corrected chi connectivity index (χ4v) is 5.19. The molecule has 1 atom stereocenters. The van der Waals surface area contributed by atoms with Crippen molar-refractivity contribution in [2.75, 3.05) is 6.61 Å². The van der Waals surface area contributed by atoms with Crippen LogP contribution in [0.15, 0.2) is 84.9 Å². The first-order chi connectivity index (χ1) is 18.9. The van der Waals surface area contributed by atoms with Gasteiger partial charge in [0.15, 0.2) is 5.78 Å². The van der Waals surface area contributed by atoms with E-state index in [1.165, 1.54) is 0 Å². The second-order valence-electron chi connectivity index (χ2n) is 9.42. The van der Waals surface area contributed by atoms with E-state index >= 15 is 0 Å². The van der Waals surface area contributed by atoms with Crippen LogP contribution < -0.4 is 9.47 Å². The molecule has 7 heteroatoms. The normalized spacial score (nSPS) is 14.3. The van der Waals surface area contributed by atoms with Crippen LogP contribution in [-0.2, 0) is 11.2 Å². The molecular weight excluding hydrogens is 535 g/mol. The number of aryl methyl sites for hydroxylation is 1. The average molecular weight is 561 g/mol. The lowest BCUT2D eigenvalue weighted by Crippen LogP contribution is -2.20. The Balaban J connectivity index is 1.18. The van der Waals surface area contributed by atoms with Gasteiger partial charge in [-0.3, -0.25) is 9.59 Å². The molecule has 0 fully saturated rings. The lowest BCUT2D eigenvalue weighted by Gasteiger charge is -2.24. The van der Waals surface area contributed by atoms with Crippen molar-refractivity contribution in [2.45, 2.75) is 31.6 Å². The predicted octanol–water partition coefficient (Wildman–Crippen LogP) is 8.61. The van der Waals surface area contributed by atoms with Crippen LogP contribution in [0.5, 0.6) is 17.2 Å². The molecule has 0 radical (unpaired) electrons. The van der Waals surface area contributed by atoms with Gasteiger partial charge in [-0.15, -0.1) is 0 Å². The number of carboxylic acids is 1. The Morgan fingerprint density at radius 3 is 2.38 bits per heavy atom. The number of carbonyl (C=O) groups is 2. The van der Waals surface area contributed by atoms with E-state index in [0.717, 1.165) is 16.7 Å². The van der Waals surface area contributed by atoms with Gasteiger partial charge in [0, 0.05) is 28.6 Å². The Bertz CT molecular complexity index is 1500. The number of carbonyl (C=O) groups excluding carboxylic acids is 1. The van der Waals surface area contributed by atoms with Gasteiger partial charge >= 0.3 is 5.97 Å². The second kappa shape index (κ2) is 11.9. The summed E-state index contributed by atoms with van der Waals surface area (Å²) < 4.78 is 11.5. The van der Waals surface area contributed by atoms with Crippen LogP contribution in [0.1, 0.15) is 46.7 Å². The molecule has 0 bridgehead atoms. The highest BCUT2D eigenvalue weighted by Gasteiger charge is 2.29. The van der Waals surface area contributed by atoms with E-state index in [9.17, 15) is 14.7 Å². The lowest BCUT2D eigenvalue weighted by molar-refractivity contribution is -0.139. The highest BCUT2D eigenvalue weighted by molar-refractivity contribution is 6.32. The monoisotopic (exact) mass is 560 g/mol. The summed E-state index contributed by atoms with van der Waals surface area (Å²) >= 11 is 12.9. The summed E-state index contributed by atoms with van der Waals surface area (Å²) in [4.78, 5) is 24.3. The number of aliphatic carboxylic acids is 1. The number of Topliss-reactive ketones (excluding diaryl/α,β-unsaturated/α-hetero) is 1. The number of halogens is 2. The average Bonchev–Trinajstić information content (AvgIpc) is 2.94. The molecule has 0 saturated carbocycles. The third kappa shape index (κ3) is 6.27. The van der Waals surface area contributed by atoms with Gasteiger partial charge in [0.05, 0.1) is 17.5 Å². The summed E-state index contributed by atoms with van der Waals surface area (Å²) in [5.74, 6) is -0.211. The van der Waals surface area contributed by atoms with Gasteiger partial charge < -0.3 is 14.6 Å². The molecule has 4 aromatic carbocycles. The van der Waals surface area contributed by atoms with E-state index in [4.69, 9.17) is 32.7 Å². The Hall–Kier alpha value is -3.80. The zero-order valence-electron chi connectivity index (χ0n) is 21.0. The van der Waals surface area contributed by atoms with Crippen molar-refractivity contribution >= 4 is 35.0 Å². The van der Waals surface area contributed by atoms with Crippen molar-refractivity contribution < 1.29 is 24.2 Å². The van der Waals surface area contributed by atoms with Crippen LogP contribution in [0.25, 0.3) is 11.1 Å². The molecule has 1 aliphatic rings. The molecule has 5 nitrogen and oxygen atoms in total. The van der Waals surface area contributed by atoms with E-state index in [1.807, 2.05) is 42.5 Å². The van der Waals surface area contributed by atoms with Crippen molar-refractivity contribution in [3.8, 4) is 28.4 Å². The number of benzene rings is 4. The number of ether oxygens (including phenoxy) is 2. The highest BCUT2D eigenvalue weighted by Crippen LogP contribution is 2.42. The molecule has 39 heavy (non-hydrogen) atoms. The van der Waals surface area contributed by atoms with Crippen molar-refractivity contribution in [3.05, 3.63) is 112 Å². The maximum Gasteiger partial charge on any atom is 0.311 e. The number of hydrogen-bond donors (Lipinski definition) is 1. The number of ketones is 1. The Morgan fingerprint density at radius 2 is 1.67 bits per heavy atom. The van der Waals surface area contributed by atoms with Gasteiger partial charge in [0.25, 0.3) is 0 Å². The third-order valence-corrected chi connectivity index (χ3v) is 7.46. The SMILES string of the molecule is O=C(CCCc1ccc(-c2ccccc2)cc1Cl)c1ccc(Oc2cc3c(cc2Cl)C(C(=O)O)CCO3)cc1. The number of fused-ring (bicyclic) bond motifs is 1. The molecule has 198 valence electrons. The van der Waals surface area contributed by atoms with E-state index in [0.29, 0.717) is 70.7 Å². The minimum absolute atomic E-state index is 0.0403. The molecular formula is C32H26Cl2O5. The van der Waals surface area contributed by atoms with E-state index < -0.39 is 11.9 Å². The van der Waals surface area contributed by atoms with Crippen LogP contribution in [0, 0.1) is 0 Å². The first-order valence-corrected chi connectivity index (χ1v) is 13.5. The minimum Gasteiger partial charge on any atom is -0.493 e. The highest BCUT2D eigenvalue weighted by atomic mass is 35.5. The van der Waals surface area contributed by atoms with Gasteiger partial charge in [-0.25, -0.2) is 0 Å². The quantitative estimate of drug-likeness (QED) is 0.207. The zero-order chi connectivity index (χ0) is 27.4. The zero-order valence-corrected chi connectivity index (χ0v) is 22.5. The van der Waals surface area contributed by atoms with Gasteiger partial charge in [0.1, 0.15) is 17.2 Å². The Morgan fingerprint density at radius 1 is 0.897 bits per heavy atom. The smallest absolute Gasteiger partial charge is 0.311 e. The standard InChI is InChI=1S/C32H26Cl2O5/c33-27-17-23(20-5-2-1-3-6-20)10-9-21(27)7-4-8-29(35)22-11-13-24(14-12-22)39-31-19-30-26(18-28(31)34)25(32(36)37)15-16-38-30/h1-3,5-6,9-14,17-19,25H,4,7-8,15-16H2,(H,36,37). The number of hydrogen-bond acceptors (Lipinski definition) is 4. The van der Waals surface area contributed by atoms with Crippen molar-refractivity contribution in [3.63, 3.8) is 0 Å². The fraction of sp³-hybridized carbons (Fsp3) is 0.188. The molecule has 0 aromatic heterocycles. The summed E-state index contributed by atoms with van der Waals surface area (Å²) in [5, 5.41) is 10.5. The summed E-state index contributed by atoms with van der Waals surface area (Å²) in [6.45, 7) is 0.313. The van der Waals surface area contributed by atoms with Gasteiger partial charge in [0.2, 0.25) is 0 Å². The maximum atomic E-state index is 12.8. The van der Waals surface area contributed by atoms with Crippen molar-refractivity contribution in [1.29, 1.82) is 0 Å². The summed E-state index contributed by atoms with van der Waals surface area (Å²) in [7, 11) is 0. The van der Waals surface area contributed by atoms with Crippen molar-refractivity contribution in [2.24, 2.45) is 0 Å². The van der Waals surface area contributed by atoms with E-state index in [-0.39, 0.29) is 5.78 Å². The van der Waals surface area contributed by atoms with Crippen LogP contribution >= 0.6 is 23.2 Å². The third-order valence-electron chi connectivity index (χ3n) is 6.82. The second-order valence-corrected chi connectivity index (χ2v) is 10.2. The summed E-state index contributed by atoms with van der Waals surface area (Å²) in [5.41, 5.74) is 4.34. The Labute approximate surface area is 236 Å². The van der Waals surface area contributed by atoms with Crippen LogP contribution in [0.4, 0.5) is 0 Å². The summed E-state index contributed by atoms with van der Waals surface area (Å²) in [6, 6.07) is 26.2. The number of rotatable bonds is 9.